The van der Waals surface area contributed by atoms with Gasteiger partial charge in [-0.05, 0) is 58.9 Å². The highest BCUT2D eigenvalue weighted by Crippen LogP contribution is 2.37. The summed E-state index contributed by atoms with van der Waals surface area (Å²) in [6.07, 6.45) is 0. The zero-order valence-corrected chi connectivity index (χ0v) is 18.4. The van der Waals surface area contributed by atoms with Crippen LogP contribution in [0, 0.1) is 0 Å². The van der Waals surface area contributed by atoms with Crippen LogP contribution in [-0.4, -0.2) is 13.8 Å². The van der Waals surface area contributed by atoms with Crippen LogP contribution in [0.1, 0.15) is 0 Å². The second-order valence-electron chi connectivity index (χ2n) is 7.53. The minimum absolute atomic E-state index is 0.761. The molecule has 143 valence electrons. The van der Waals surface area contributed by atoms with Crippen LogP contribution in [0.5, 0.6) is 0 Å². The molecule has 0 spiro atoms. The van der Waals surface area contributed by atoms with E-state index in [1.807, 2.05) is 6.07 Å². The number of anilines is 3. The van der Waals surface area contributed by atoms with Crippen molar-refractivity contribution >= 4 is 57.8 Å². The second-order valence-corrected chi connectivity index (χ2v) is 10.9. The molecule has 30 heavy (non-hydrogen) atoms. The van der Waals surface area contributed by atoms with Gasteiger partial charge in [0.05, 0.1) is 10.2 Å². The Hall–Kier alpha value is -3.21. The minimum Gasteiger partial charge on any atom is -0.311 e. The fourth-order valence-electron chi connectivity index (χ4n) is 4.27. The first kappa shape index (κ1) is 17.6. The summed E-state index contributed by atoms with van der Waals surface area (Å²) in [6, 6.07) is 34.9. The van der Waals surface area contributed by atoms with Gasteiger partial charge < -0.3 is 4.90 Å². The average Bonchev–Trinajstić information content (AvgIpc) is 3.24. The molecular weight excluding hydrogens is 400 g/mol. The molecule has 0 saturated carbocycles. The number of hydrogen-bond donors (Lipinski definition) is 0. The summed E-state index contributed by atoms with van der Waals surface area (Å²) in [6.45, 7) is 2.40. The van der Waals surface area contributed by atoms with Gasteiger partial charge in [-0.15, -0.1) is 11.3 Å². The van der Waals surface area contributed by atoms with E-state index in [1.54, 1.807) is 11.3 Å². The van der Waals surface area contributed by atoms with E-state index in [4.69, 9.17) is 4.98 Å². The lowest BCUT2D eigenvalue weighted by Gasteiger charge is -2.36. The van der Waals surface area contributed by atoms with Crippen molar-refractivity contribution in [1.29, 1.82) is 0 Å². The van der Waals surface area contributed by atoms with Gasteiger partial charge in [0, 0.05) is 22.6 Å². The molecule has 2 nitrogen and oxygen atoms in total. The molecule has 0 unspecified atom stereocenters. The molecule has 1 radical (unpaired) electrons. The summed E-state index contributed by atoms with van der Waals surface area (Å²) in [5, 5.41) is 4.01. The Labute approximate surface area is 181 Å². The molecule has 0 atom stereocenters. The van der Waals surface area contributed by atoms with Crippen molar-refractivity contribution in [1.82, 2.24) is 4.98 Å². The molecule has 1 aliphatic heterocycles. The number of para-hydroxylation sites is 3. The molecule has 6 rings (SSSR count). The van der Waals surface area contributed by atoms with Crippen molar-refractivity contribution in [3.63, 3.8) is 0 Å². The SMILES string of the molecule is C[Si]1c2ccccc2N(c2ccc(-c3nc4ccccc4s3)cc2)c2ccccc21. The van der Waals surface area contributed by atoms with Crippen LogP contribution in [0.3, 0.4) is 0 Å². The van der Waals surface area contributed by atoms with Crippen molar-refractivity contribution in [2.75, 3.05) is 4.90 Å². The zero-order chi connectivity index (χ0) is 20.1. The molecule has 5 aromatic rings. The molecular formula is C26H19N2SSi. The molecule has 0 N–H and O–H groups in total. The Balaban J connectivity index is 1.46. The van der Waals surface area contributed by atoms with Crippen LogP contribution in [0.4, 0.5) is 17.1 Å². The average molecular weight is 420 g/mol. The standard InChI is InChI=1S/C26H19N2SSi/c1-30-24-12-6-3-9-21(24)28(22-10-4-7-13-25(22)30)19-16-14-18(15-17-19)26-27-20-8-2-5-11-23(20)29-26/h2-17H,1H3. The Morgan fingerprint density at radius 3 is 1.97 bits per heavy atom. The smallest absolute Gasteiger partial charge is 0.124 e. The Kier molecular flexibility index (Phi) is 4.08. The highest BCUT2D eigenvalue weighted by molar-refractivity contribution is 7.21. The molecule has 1 aliphatic rings. The van der Waals surface area contributed by atoms with Crippen molar-refractivity contribution in [3.05, 3.63) is 97.1 Å². The number of benzene rings is 4. The number of thiazole rings is 1. The minimum atomic E-state index is -0.761. The van der Waals surface area contributed by atoms with E-state index in [2.05, 4.69) is 102 Å². The maximum Gasteiger partial charge on any atom is 0.124 e. The normalized spacial score (nSPS) is 13.3. The van der Waals surface area contributed by atoms with E-state index < -0.39 is 8.80 Å². The van der Waals surface area contributed by atoms with Gasteiger partial charge in [0.1, 0.15) is 13.8 Å². The van der Waals surface area contributed by atoms with E-state index >= 15 is 0 Å². The molecule has 4 heteroatoms. The molecule has 0 saturated heterocycles. The van der Waals surface area contributed by atoms with E-state index in [9.17, 15) is 0 Å². The Bertz CT molecular complexity index is 1290. The third-order valence-electron chi connectivity index (χ3n) is 5.76. The number of fused-ring (bicyclic) bond motifs is 3. The van der Waals surface area contributed by atoms with Crippen molar-refractivity contribution in [3.8, 4) is 10.6 Å². The van der Waals surface area contributed by atoms with Crippen LogP contribution in [0.15, 0.2) is 97.1 Å². The molecule has 4 aromatic carbocycles. The maximum absolute atomic E-state index is 4.82. The maximum atomic E-state index is 4.82. The summed E-state index contributed by atoms with van der Waals surface area (Å²) < 4.78 is 1.23. The summed E-state index contributed by atoms with van der Waals surface area (Å²) in [4.78, 5) is 7.22. The van der Waals surface area contributed by atoms with Gasteiger partial charge in [0.25, 0.3) is 0 Å². The highest BCUT2D eigenvalue weighted by Gasteiger charge is 2.29. The Morgan fingerprint density at radius 1 is 0.700 bits per heavy atom. The predicted molar refractivity (Wildman–Crippen MR) is 131 cm³/mol. The predicted octanol–water partition coefficient (Wildman–Crippen LogP) is 5.99. The van der Waals surface area contributed by atoms with Crippen LogP contribution in [0.2, 0.25) is 6.55 Å². The number of rotatable bonds is 2. The van der Waals surface area contributed by atoms with E-state index in [0.717, 1.165) is 10.5 Å². The summed E-state index contributed by atoms with van der Waals surface area (Å²) >= 11 is 1.75. The highest BCUT2D eigenvalue weighted by atomic mass is 32.1. The first-order chi connectivity index (χ1) is 14.8. The topological polar surface area (TPSA) is 16.1 Å². The first-order valence-corrected chi connectivity index (χ1v) is 12.9. The lowest BCUT2D eigenvalue weighted by Crippen LogP contribution is -2.47. The van der Waals surface area contributed by atoms with Gasteiger partial charge in [-0.2, -0.15) is 0 Å². The lowest BCUT2D eigenvalue weighted by molar-refractivity contribution is 1.29. The van der Waals surface area contributed by atoms with Gasteiger partial charge >= 0.3 is 0 Å². The van der Waals surface area contributed by atoms with E-state index in [0.29, 0.717) is 0 Å². The number of aromatic nitrogens is 1. The third-order valence-corrected chi connectivity index (χ3v) is 9.31. The first-order valence-electron chi connectivity index (χ1n) is 10.1. The largest absolute Gasteiger partial charge is 0.311 e. The summed E-state index contributed by atoms with van der Waals surface area (Å²) in [5.41, 5.74) is 6.03. The molecule has 2 heterocycles. The van der Waals surface area contributed by atoms with Gasteiger partial charge in [0.2, 0.25) is 0 Å². The lowest BCUT2D eigenvalue weighted by atomic mass is 10.1. The zero-order valence-electron chi connectivity index (χ0n) is 16.5. The second kappa shape index (κ2) is 6.94. The van der Waals surface area contributed by atoms with Gasteiger partial charge in [-0.25, -0.2) is 4.98 Å². The molecule has 0 aliphatic carbocycles. The van der Waals surface area contributed by atoms with Crippen LogP contribution in [-0.2, 0) is 0 Å². The molecule has 0 fully saturated rings. The van der Waals surface area contributed by atoms with Crippen LogP contribution < -0.4 is 15.3 Å². The van der Waals surface area contributed by atoms with Gasteiger partial charge in [0.15, 0.2) is 0 Å². The number of nitrogens with zero attached hydrogens (tertiary/aromatic N) is 2. The quantitative estimate of drug-likeness (QED) is 0.327. The van der Waals surface area contributed by atoms with E-state index in [1.165, 1.54) is 37.7 Å². The van der Waals surface area contributed by atoms with Gasteiger partial charge in [-0.1, -0.05) is 55.1 Å². The van der Waals surface area contributed by atoms with Crippen molar-refractivity contribution < 1.29 is 0 Å². The van der Waals surface area contributed by atoms with Gasteiger partial charge in [-0.3, -0.25) is 0 Å². The van der Waals surface area contributed by atoms with Crippen molar-refractivity contribution in [2.45, 2.75) is 6.55 Å². The molecule has 0 amide bonds. The Morgan fingerprint density at radius 2 is 1.30 bits per heavy atom. The fraction of sp³-hybridized carbons (Fsp3) is 0.0385. The summed E-state index contributed by atoms with van der Waals surface area (Å²) in [7, 11) is -0.761. The number of hydrogen-bond acceptors (Lipinski definition) is 3. The fourth-order valence-corrected chi connectivity index (χ4v) is 7.39. The van der Waals surface area contributed by atoms with Crippen molar-refractivity contribution in [2.24, 2.45) is 0 Å². The molecule has 0 bridgehead atoms. The van der Waals surface area contributed by atoms with E-state index in [-0.39, 0.29) is 0 Å². The third kappa shape index (κ3) is 2.72. The van der Waals surface area contributed by atoms with Crippen LogP contribution in [0.25, 0.3) is 20.8 Å². The van der Waals surface area contributed by atoms with Crippen LogP contribution >= 0.6 is 11.3 Å². The molecule has 1 aromatic heterocycles. The summed E-state index contributed by atoms with van der Waals surface area (Å²) in [5.74, 6) is 0. The monoisotopic (exact) mass is 419 g/mol.